The lowest BCUT2D eigenvalue weighted by molar-refractivity contribution is 0.598. The van der Waals surface area contributed by atoms with Gasteiger partial charge in [0.1, 0.15) is 10.7 Å². The summed E-state index contributed by atoms with van der Waals surface area (Å²) in [7, 11) is -3.77. The van der Waals surface area contributed by atoms with Crippen LogP contribution in [0.3, 0.4) is 0 Å². The van der Waals surface area contributed by atoms with Crippen LogP contribution >= 0.6 is 0 Å². The van der Waals surface area contributed by atoms with Crippen molar-refractivity contribution in [2.24, 2.45) is 5.14 Å². The Morgan fingerprint density at radius 3 is 2.74 bits per heavy atom. The number of H-pyrrole nitrogens is 1. The highest BCUT2D eigenvalue weighted by Gasteiger charge is 2.12. The molecule has 0 saturated carbocycles. The first-order valence-corrected chi connectivity index (χ1v) is 7.16. The molecule has 6 N–H and O–H groups in total. The average Bonchev–Trinajstić information content (AvgIpc) is 2.80. The minimum absolute atomic E-state index is 0.0657. The summed E-state index contributed by atoms with van der Waals surface area (Å²) in [6, 6.07) is 4.56. The van der Waals surface area contributed by atoms with Crippen LogP contribution in [0.15, 0.2) is 35.5 Å². The van der Waals surface area contributed by atoms with E-state index in [0.717, 1.165) is 17.9 Å². The second-order valence-corrected chi connectivity index (χ2v) is 5.54. The lowest BCUT2D eigenvalue weighted by Gasteiger charge is -2.08. The number of hydrogen-bond donors (Lipinski definition) is 4. The van der Waals surface area contributed by atoms with Crippen LogP contribution in [0.1, 0.15) is 5.82 Å². The number of sulfonamides is 1. The standard InChI is InChI=1S/C11H15N5O2S/c12-9-7-8(1-2-10(9)19(13,17)18)14-4-3-11-15-5-6-16-11/h1-2,5-7,14H,3-4,12H2,(H,15,16)(H2,13,17,18). The maximum absolute atomic E-state index is 11.2. The third-order valence-corrected chi connectivity index (χ3v) is 3.55. The lowest BCUT2D eigenvalue weighted by Crippen LogP contribution is -2.14. The minimum Gasteiger partial charge on any atom is -0.398 e. The maximum Gasteiger partial charge on any atom is 0.240 e. The number of primary sulfonamides is 1. The van der Waals surface area contributed by atoms with Crippen LogP contribution in [0.2, 0.25) is 0 Å². The molecule has 0 spiro atoms. The van der Waals surface area contributed by atoms with Crippen LogP contribution in [-0.2, 0) is 16.4 Å². The Hall–Kier alpha value is -2.06. The van der Waals surface area contributed by atoms with Gasteiger partial charge < -0.3 is 16.0 Å². The molecule has 0 fully saturated rings. The van der Waals surface area contributed by atoms with Gasteiger partial charge in [-0.3, -0.25) is 0 Å². The zero-order valence-electron chi connectivity index (χ0n) is 10.1. The molecule has 1 aromatic heterocycles. The smallest absolute Gasteiger partial charge is 0.240 e. The van der Waals surface area contributed by atoms with Gasteiger partial charge >= 0.3 is 0 Å². The number of anilines is 2. The Morgan fingerprint density at radius 2 is 2.16 bits per heavy atom. The van der Waals surface area contributed by atoms with Gasteiger partial charge in [-0.2, -0.15) is 0 Å². The van der Waals surface area contributed by atoms with Crippen LogP contribution in [0, 0.1) is 0 Å². The summed E-state index contributed by atoms with van der Waals surface area (Å²) in [5.74, 6) is 0.877. The number of nitrogens with one attached hydrogen (secondary N) is 2. The van der Waals surface area contributed by atoms with E-state index in [9.17, 15) is 8.42 Å². The van der Waals surface area contributed by atoms with Gasteiger partial charge in [-0.05, 0) is 18.2 Å². The SMILES string of the molecule is Nc1cc(NCCc2ncc[nH]2)ccc1S(N)(=O)=O. The Kier molecular flexibility index (Phi) is 3.72. The second-order valence-electron chi connectivity index (χ2n) is 4.01. The van der Waals surface area contributed by atoms with Gasteiger partial charge in [0, 0.05) is 31.0 Å². The first-order valence-electron chi connectivity index (χ1n) is 5.61. The predicted molar refractivity (Wildman–Crippen MR) is 73.0 cm³/mol. The summed E-state index contributed by atoms with van der Waals surface area (Å²) in [5, 5.41) is 8.16. The molecule has 0 bridgehead atoms. The normalized spacial score (nSPS) is 11.4. The maximum atomic E-state index is 11.2. The molecule has 0 amide bonds. The summed E-state index contributed by atoms with van der Waals surface area (Å²) in [5.41, 5.74) is 6.52. The van der Waals surface area contributed by atoms with Crippen LogP contribution in [0.5, 0.6) is 0 Å². The van der Waals surface area contributed by atoms with Gasteiger partial charge in [0.2, 0.25) is 10.0 Å². The van der Waals surface area contributed by atoms with Crippen LogP contribution < -0.4 is 16.2 Å². The fraction of sp³-hybridized carbons (Fsp3) is 0.182. The molecule has 102 valence electrons. The molecule has 0 unspecified atom stereocenters. The molecule has 2 aromatic rings. The molecule has 8 heteroatoms. The number of rotatable bonds is 5. The van der Waals surface area contributed by atoms with Crippen molar-refractivity contribution in [2.45, 2.75) is 11.3 Å². The molecule has 0 atom stereocenters. The number of nitrogen functional groups attached to an aromatic ring is 1. The first kappa shape index (κ1) is 13.4. The van der Waals surface area contributed by atoms with Gasteiger partial charge in [-0.15, -0.1) is 0 Å². The number of nitrogens with two attached hydrogens (primary N) is 2. The van der Waals surface area contributed by atoms with Crippen molar-refractivity contribution in [2.75, 3.05) is 17.6 Å². The van der Waals surface area contributed by atoms with E-state index in [4.69, 9.17) is 10.9 Å². The highest BCUT2D eigenvalue weighted by Crippen LogP contribution is 2.21. The van der Waals surface area contributed by atoms with Gasteiger partial charge in [0.25, 0.3) is 0 Å². The molecule has 0 aliphatic carbocycles. The summed E-state index contributed by atoms with van der Waals surface area (Å²) >= 11 is 0. The summed E-state index contributed by atoms with van der Waals surface area (Å²) in [6.45, 7) is 0.654. The molecular weight excluding hydrogens is 266 g/mol. The van der Waals surface area contributed by atoms with Crippen molar-refractivity contribution in [1.29, 1.82) is 0 Å². The zero-order valence-corrected chi connectivity index (χ0v) is 10.9. The van der Waals surface area contributed by atoms with E-state index in [2.05, 4.69) is 15.3 Å². The largest absolute Gasteiger partial charge is 0.398 e. The van der Waals surface area contributed by atoms with Crippen molar-refractivity contribution in [3.05, 3.63) is 36.4 Å². The molecule has 0 aliphatic heterocycles. The van der Waals surface area contributed by atoms with Crippen LogP contribution in [0.25, 0.3) is 0 Å². The lowest BCUT2D eigenvalue weighted by atomic mass is 10.2. The van der Waals surface area contributed by atoms with E-state index < -0.39 is 10.0 Å². The summed E-state index contributed by atoms with van der Waals surface area (Å²) in [4.78, 5) is 7.02. The molecular formula is C11H15N5O2S. The fourth-order valence-electron chi connectivity index (χ4n) is 1.68. The van der Waals surface area contributed by atoms with Gasteiger partial charge in [0.15, 0.2) is 0 Å². The molecule has 1 aromatic carbocycles. The summed E-state index contributed by atoms with van der Waals surface area (Å²) in [6.07, 6.45) is 4.17. The topological polar surface area (TPSA) is 127 Å². The highest BCUT2D eigenvalue weighted by atomic mass is 32.2. The molecule has 0 saturated heterocycles. The monoisotopic (exact) mass is 281 g/mol. The van der Waals surface area contributed by atoms with Crippen molar-refractivity contribution in [3.63, 3.8) is 0 Å². The third kappa shape index (κ3) is 3.46. The van der Waals surface area contributed by atoms with Crippen molar-refractivity contribution in [3.8, 4) is 0 Å². The summed E-state index contributed by atoms with van der Waals surface area (Å²) < 4.78 is 22.4. The van der Waals surface area contributed by atoms with Crippen LogP contribution in [-0.4, -0.2) is 24.9 Å². The quantitative estimate of drug-likeness (QED) is 0.586. The zero-order chi connectivity index (χ0) is 13.9. The minimum atomic E-state index is -3.77. The predicted octanol–water partition coefficient (Wildman–Crippen LogP) is 0.294. The van der Waals surface area contributed by atoms with Crippen molar-refractivity contribution >= 4 is 21.4 Å². The van der Waals surface area contributed by atoms with Gasteiger partial charge in [-0.1, -0.05) is 0 Å². The van der Waals surface area contributed by atoms with E-state index >= 15 is 0 Å². The molecule has 7 nitrogen and oxygen atoms in total. The van der Waals surface area contributed by atoms with Crippen LogP contribution in [0.4, 0.5) is 11.4 Å². The molecule has 19 heavy (non-hydrogen) atoms. The number of imidazole rings is 1. The van der Waals surface area contributed by atoms with Crippen molar-refractivity contribution < 1.29 is 8.42 Å². The average molecular weight is 281 g/mol. The number of aromatic nitrogens is 2. The third-order valence-electron chi connectivity index (χ3n) is 2.56. The van der Waals surface area contributed by atoms with E-state index in [1.54, 1.807) is 24.5 Å². The number of hydrogen-bond acceptors (Lipinski definition) is 5. The van der Waals surface area contributed by atoms with Gasteiger partial charge in [0.05, 0.1) is 5.69 Å². The number of nitrogens with zero attached hydrogens (tertiary/aromatic N) is 1. The molecule has 2 rings (SSSR count). The van der Waals surface area contributed by atoms with E-state index in [1.165, 1.54) is 6.07 Å². The van der Waals surface area contributed by atoms with E-state index in [1.807, 2.05) is 0 Å². The highest BCUT2D eigenvalue weighted by molar-refractivity contribution is 7.89. The fourth-order valence-corrected chi connectivity index (χ4v) is 2.32. The Morgan fingerprint density at radius 1 is 1.37 bits per heavy atom. The second kappa shape index (κ2) is 5.29. The molecule has 1 heterocycles. The molecule has 0 aliphatic rings. The first-order chi connectivity index (χ1) is 8.97. The van der Waals surface area contributed by atoms with E-state index in [-0.39, 0.29) is 10.6 Å². The number of benzene rings is 1. The Labute approximate surface area is 111 Å². The van der Waals surface area contributed by atoms with Crippen molar-refractivity contribution in [1.82, 2.24) is 9.97 Å². The Balaban J connectivity index is 2.00. The number of aromatic amines is 1. The molecule has 0 radical (unpaired) electrons. The van der Waals surface area contributed by atoms with E-state index in [0.29, 0.717) is 6.54 Å². The van der Waals surface area contributed by atoms with Gasteiger partial charge in [-0.25, -0.2) is 18.5 Å². The Bertz CT molecular complexity index is 652.